The second kappa shape index (κ2) is 15.8. The third-order valence-electron chi connectivity index (χ3n) is 8.10. The van der Waals surface area contributed by atoms with E-state index in [0.29, 0.717) is 0 Å². The van der Waals surface area contributed by atoms with E-state index in [1.165, 1.54) is 34.9 Å². The third kappa shape index (κ3) is 7.29. The number of fused-ring (bicyclic) bond motifs is 1. The van der Waals surface area contributed by atoms with E-state index in [0.717, 1.165) is 18.8 Å². The zero-order valence-corrected chi connectivity index (χ0v) is 29.9. The van der Waals surface area contributed by atoms with Crippen LogP contribution in [-0.4, -0.2) is 41.5 Å². The number of carbonyl (C=O) groups excluding carboxylic acids is 1. The van der Waals surface area contributed by atoms with Crippen molar-refractivity contribution >= 4 is 69.4 Å². The zero-order valence-electron chi connectivity index (χ0n) is 26.9. The zero-order chi connectivity index (χ0) is 35.2. The summed E-state index contributed by atoms with van der Waals surface area (Å²) in [5.74, 6) is -1.87. The monoisotopic (exact) mass is 732 g/mol. The van der Waals surface area contributed by atoms with Gasteiger partial charge in [0.15, 0.2) is 5.78 Å². The van der Waals surface area contributed by atoms with Crippen LogP contribution < -0.4 is 9.64 Å². The molecule has 250 valence electrons. The maximum absolute atomic E-state index is 13.2. The molecule has 0 radical (unpaired) electrons. The van der Waals surface area contributed by atoms with Gasteiger partial charge >= 0.3 is 5.97 Å². The first-order valence-corrected chi connectivity index (χ1v) is 16.9. The smallest absolute Gasteiger partial charge is 0.338 e. The van der Waals surface area contributed by atoms with Gasteiger partial charge in [0, 0.05) is 48.4 Å². The van der Waals surface area contributed by atoms with Crippen LogP contribution in [0.1, 0.15) is 40.1 Å². The lowest BCUT2D eigenvalue weighted by Crippen LogP contribution is -2.22. The molecule has 49 heavy (non-hydrogen) atoms. The van der Waals surface area contributed by atoms with Gasteiger partial charge in [-0.3, -0.25) is 4.79 Å². The predicted octanol–water partition coefficient (Wildman–Crippen LogP) is 11.4. The summed E-state index contributed by atoms with van der Waals surface area (Å²) in [6, 6.07) is 32.5. The molecule has 0 aliphatic carbocycles. The molecule has 0 bridgehead atoms. The molecule has 10 heteroatoms. The molecule has 1 N–H and O–H groups in total. The average Bonchev–Trinajstić information content (AvgIpc) is 3.53. The molecule has 6 aromatic rings. The van der Waals surface area contributed by atoms with Gasteiger partial charge in [-0.1, -0.05) is 113 Å². The van der Waals surface area contributed by atoms with Crippen LogP contribution in [0.2, 0.25) is 20.1 Å². The maximum atomic E-state index is 13.2. The number of benzene rings is 4. The highest BCUT2D eigenvalue weighted by Crippen LogP contribution is 2.43. The number of nitrogens with zero attached hydrogens (tertiary/aromatic N) is 2. The van der Waals surface area contributed by atoms with E-state index in [1.54, 1.807) is 18.2 Å². The Hall–Kier alpha value is -4.46. The maximum Gasteiger partial charge on any atom is 0.338 e. The highest BCUT2D eigenvalue weighted by Gasteiger charge is 2.30. The van der Waals surface area contributed by atoms with Crippen molar-refractivity contribution in [2.24, 2.45) is 0 Å². The number of hydrogen-bond donors (Lipinski definition) is 1. The van der Waals surface area contributed by atoms with Crippen LogP contribution in [0.4, 0.5) is 5.69 Å². The van der Waals surface area contributed by atoms with Gasteiger partial charge in [-0.2, -0.15) is 0 Å². The molecular weight excluding hydrogens is 702 g/mol. The largest absolute Gasteiger partial charge is 0.496 e. The van der Waals surface area contributed by atoms with E-state index < -0.39 is 17.3 Å². The number of halogens is 4. The van der Waals surface area contributed by atoms with Gasteiger partial charge < -0.3 is 19.1 Å². The second-order valence-electron chi connectivity index (χ2n) is 10.8. The summed E-state index contributed by atoms with van der Waals surface area (Å²) in [5, 5.41) is 8.49. The average molecular weight is 735 g/mol. The summed E-state index contributed by atoms with van der Waals surface area (Å²) in [6.07, 6.45) is 4.32. The Morgan fingerprint density at radius 2 is 1.31 bits per heavy atom. The Morgan fingerprint density at radius 1 is 0.735 bits per heavy atom. The summed E-state index contributed by atoms with van der Waals surface area (Å²) in [7, 11) is 1.42. The van der Waals surface area contributed by atoms with E-state index in [1.807, 2.05) is 13.8 Å². The van der Waals surface area contributed by atoms with Crippen LogP contribution in [0.3, 0.4) is 0 Å². The number of carbonyl (C=O) groups is 2. The predicted molar refractivity (Wildman–Crippen MR) is 202 cm³/mol. The van der Waals surface area contributed by atoms with Crippen molar-refractivity contribution in [2.75, 3.05) is 25.1 Å². The Labute approximate surface area is 305 Å². The minimum Gasteiger partial charge on any atom is -0.496 e. The number of aromatic nitrogens is 1. The number of anilines is 1. The molecule has 0 saturated heterocycles. The summed E-state index contributed by atoms with van der Waals surface area (Å²) in [6.45, 7) is 5.55. The SMILES string of the molecule is CCN(CC)c1ccc(C(=O)c2c(Cl)c(Cl)c(Cl)c(Cl)c2C(=O)O)c(OC)c1.c1ccc(-c2cn3ccccc3c2-c2ccccc2)cc1. The molecule has 0 unspecified atom stereocenters. The van der Waals surface area contributed by atoms with Crippen LogP contribution in [0.15, 0.2) is 109 Å². The summed E-state index contributed by atoms with van der Waals surface area (Å²) in [5.41, 5.74) is 6.43. The van der Waals surface area contributed by atoms with Crippen LogP contribution in [0.5, 0.6) is 5.75 Å². The van der Waals surface area contributed by atoms with Gasteiger partial charge in [0.2, 0.25) is 0 Å². The molecule has 2 aromatic heterocycles. The molecular formula is C39H32Cl4N2O4. The molecule has 2 heterocycles. The fourth-order valence-electron chi connectivity index (χ4n) is 5.70. The first-order valence-electron chi connectivity index (χ1n) is 15.4. The minimum absolute atomic E-state index is 0.122. The van der Waals surface area contributed by atoms with Gasteiger partial charge in [0.1, 0.15) is 5.75 Å². The molecule has 0 atom stereocenters. The van der Waals surface area contributed by atoms with Gasteiger partial charge in [0.25, 0.3) is 0 Å². The lowest BCUT2D eigenvalue weighted by atomic mass is 9.97. The number of ether oxygens (including phenoxy) is 1. The van der Waals surface area contributed by atoms with Crippen LogP contribution in [0, 0.1) is 0 Å². The summed E-state index contributed by atoms with van der Waals surface area (Å²) < 4.78 is 7.56. The van der Waals surface area contributed by atoms with Gasteiger partial charge in [-0.15, -0.1) is 0 Å². The Bertz CT molecular complexity index is 2130. The number of rotatable bonds is 9. The standard InChI is InChI=1S/C20H15N.C19H17Cl4NO4/c1-3-9-16(10-4-1)18-15-21-14-8-7-13-19(21)20(18)17-11-5-2-6-12-17;1-4-24(5-2)9-6-7-10(11(8-9)28-3)18(25)12-13(19(26)27)15(21)17(23)16(22)14(12)20/h1-15H;6-8H,4-5H2,1-3H3,(H,26,27). The van der Waals surface area contributed by atoms with Crippen LogP contribution >= 0.6 is 46.4 Å². The van der Waals surface area contributed by atoms with E-state index in [-0.39, 0.29) is 37.0 Å². The quantitative estimate of drug-likeness (QED) is 0.0910. The van der Waals surface area contributed by atoms with Crippen molar-refractivity contribution in [3.63, 3.8) is 0 Å². The van der Waals surface area contributed by atoms with Crippen molar-refractivity contribution in [3.8, 4) is 28.0 Å². The van der Waals surface area contributed by atoms with E-state index >= 15 is 0 Å². The topological polar surface area (TPSA) is 71.2 Å². The molecule has 6 nitrogen and oxygen atoms in total. The fourth-order valence-corrected chi connectivity index (χ4v) is 6.72. The van der Waals surface area contributed by atoms with Gasteiger partial charge in [-0.05, 0) is 49.2 Å². The number of pyridine rings is 1. The molecule has 0 aliphatic heterocycles. The summed E-state index contributed by atoms with van der Waals surface area (Å²) >= 11 is 24.2. The molecule has 0 spiro atoms. The Kier molecular flexibility index (Phi) is 11.6. The highest BCUT2D eigenvalue weighted by atomic mass is 35.5. The molecule has 0 fully saturated rings. The lowest BCUT2D eigenvalue weighted by Gasteiger charge is -2.22. The number of carboxylic acids is 1. The van der Waals surface area contributed by atoms with Crippen molar-refractivity contribution < 1.29 is 19.4 Å². The molecule has 0 aliphatic rings. The molecule has 0 saturated carbocycles. The van der Waals surface area contributed by atoms with Crippen molar-refractivity contribution in [2.45, 2.75) is 13.8 Å². The second-order valence-corrected chi connectivity index (χ2v) is 12.4. The van der Waals surface area contributed by atoms with Crippen molar-refractivity contribution in [1.29, 1.82) is 0 Å². The van der Waals surface area contributed by atoms with Crippen LogP contribution in [0.25, 0.3) is 27.8 Å². The number of aromatic carboxylic acids is 1. The van der Waals surface area contributed by atoms with E-state index in [9.17, 15) is 14.7 Å². The molecule has 4 aromatic carbocycles. The summed E-state index contributed by atoms with van der Waals surface area (Å²) in [4.78, 5) is 27.0. The van der Waals surface area contributed by atoms with Gasteiger partial charge in [0.05, 0.1) is 49.4 Å². The first kappa shape index (κ1) is 35.8. The normalized spacial score (nSPS) is 10.8. The van der Waals surface area contributed by atoms with Crippen LogP contribution in [-0.2, 0) is 0 Å². The number of methoxy groups -OCH3 is 1. The molecule has 0 amide bonds. The lowest BCUT2D eigenvalue weighted by molar-refractivity contribution is 0.0693. The third-order valence-corrected chi connectivity index (χ3v) is 9.90. The van der Waals surface area contributed by atoms with E-state index in [4.69, 9.17) is 51.1 Å². The molecule has 6 rings (SSSR count). The number of ketones is 1. The van der Waals surface area contributed by atoms with Crippen molar-refractivity contribution in [3.05, 3.63) is 146 Å². The van der Waals surface area contributed by atoms with Crippen molar-refractivity contribution in [1.82, 2.24) is 4.40 Å². The fraction of sp³-hybridized carbons (Fsp3) is 0.128. The van der Waals surface area contributed by atoms with E-state index in [2.05, 4.69) is 101 Å². The minimum atomic E-state index is -1.45. The Morgan fingerprint density at radius 3 is 1.88 bits per heavy atom. The highest BCUT2D eigenvalue weighted by molar-refractivity contribution is 6.54. The number of hydrogen-bond acceptors (Lipinski definition) is 4. The van der Waals surface area contributed by atoms with Gasteiger partial charge in [-0.25, -0.2) is 4.79 Å². The number of carboxylic acid groups (broad SMARTS) is 1. The first-order chi connectivity index (χ1) is 23.6. The Balaban J connectivity index is 0.000000198.